The molecule has 0 saturated heterocycles. The Bertz CT molecular complexity index is 249. The van der Waals surface area contributed by atoms with Crippen LogP contribution in [0.5, 0.6) is 5.75 Å². The number of rotatable bonds is 1. The molecule has 0 N–H and O–H groups in total. The molecule has 0 radical (unpaired) electrons. The Balaban J connectivity index is 2.81. The molecule has 0 aromatic heterocycles. The van der Waals surface area contributed by atoms with Crippen LogP contribution in [0, 0.1) is 11.5 Å². The molecule has 0 aliphatic rings. The van der Waals surface area contributed by atoms with Crippen molar-refractivity contribution < 1.29 is 4.74 Å². The van der Waals surface area contributed by atoms with Crippen LogP contribution in [0.1, 0.15) is 0 Å². The molecule has 0 aliphatic heterocycles. The van der Waals surface area contributed by atoms with Gasteiger partial charge in [0.2, 0.25) is 0 Å². The number of hydrogen-bond donors (Lipinski definition) is 0. The Kier molecular flexibility index (Phi) is 2.14. The Hall–Kier alpha value is -1.20. The third-order valence-electron chi connectivity index (χ3n) is 0.977. The standard InChI is InChI=1S/C7H4ClNO/c8-6-1-3-7(4-2-6)10-5-9/h1-4H. The fraction of sp³-hybridized carbons (Fsp3) is 0. The maximum absolute atomic E-state index is 8.08. The Morgan fingerprint density at radius 2 is 1.90 bits per heavy atom. The average Bonchev–Trinajstić information content (AvgIpc) is 1.95. The largest absolute Gasteiger partial charge is 0.388 e. The molecule has 1 aromatic carbocycles. The van der Waals surface area contributed by atoms with Crippen LogP contribution in [0.2, 0.25) is 5.02 Å². The van der Waals surface area contributed by atoms with Gasteiger partial charge >= 0.3 is 0 Å². The van der Waals surface area contributed by atoms with E-state index in [0.29, 0.717) is 10.8 Å². The van der Waals surface area contributed by atoms with Crippen LogP contribution in [0.15, 0.2) is 24.3 Å². The Labute approximate surface area is 63.6 Å². The van der Waals surface area contributed by atoms with Gasteiger partial charge in [0.15, 0.2) is 0 Å². The van der Waals surface area contributed by atoms with Gasteiger partial charge in [-0.1, -0.05) is 11.6 Å². The van der Waals surface area contributed by atoms with Crippen molar-refractivity contribution >= 4 is 11.6 Å². The van der Waals surface area contributed by atoms with Crippen LogP contribution < -0.4 is 4.74 Å². The van der Waals surface area contributed by atoms with Crippen LogP contribution in [0.4, 0.5) is 0 Å². The molecular formula is C7H4ClNO. The lowest BCUT2D eigenvalue weighted by Gasteiger charge is -1.92. The quantitative estimate of drug-likeness (QED) is 0.580. The van der Waals surface area contributed by atoms with Gasteiger partial charge in [-0.2, -0.15) is 0 Å². The first-order chi connectivity index (χ1) is 4.83. The highest BCUT2D eigenvalue weighted by molar-refractivity contribution is 6.30. The van der Waals surface area contributed by atoms with Crippen molar-refractivity contribution in [2.24, 2.45) is 0 Å². The van der Waals surface area contributed by atoms with Crippen molar-refractivity contribution in [3.63, 3.8) is 0 Å². The molecule has 1 rings (SSSR count). The highest BCUT2D eigenvalue weighted by Crippen LogP contribution is 2.14. The van der Waals surface area contributed by atoms with Gasteiger partial charge in [0, 0.05) is 5.02 Å². The number of hydrogen-bond acceptors (Lipinski definition) is 2. The zero-order valence-corrected chi connectivity index (χ0v) is 5.80. The summed E-state index contributed by atoms with van der Waals surface area (Å²) in [6.07, 6.45) is 1.56. The van der Waals surface area contributed by atoms with E-state index in [1.54, 1.807) is 30.5 Å². The summed E-state index contributed by atoms with van der Waals surface area (Å²) in [7, 11) is 0. The lowest BCUT2D eigenvalue weighted by atomic mass is 10.3. The Morgan fingerprint density at radius 3 is 2.40 bits per heavy atom. The minimum atomic E-state index is 0.506. The van der Waals surface area contributed by atoms with E-state index < -0.39 is 0 Å². The molecule has 0 atom stereocenters. The monoisotopic (exact) mass is 153 g/mol. The summed E-state index contributed by atoms with van der Waals surface area (Å²) in [5.41, 5.74) is 0. The summed E-state index contributed by atoms with van der Waals surface area (Å²) in [4.78, 5) is 0. The molecule has 0 heterocycles. The van der Waals surface area contributed by atoms with E-state index in [9.17, 15) is 0 Å². The molecule has 10 heavy (non-hydrogen) atoms. The van der Waals surface area contributed by atoms with Gasteiger partial charge in [-0.3, -0.25) is 0 Å². The van der Waals surface area contributed by atoms with Crippen LogP contribution in [0.25, 0.3) is 0 Å². The third kappa shape index (κ3) is 1.64. The summed E-state index contributed by atoms with van der Waals surface area (Å²) in [6.45, 7) is 0. The number of nitrogens with zero attached hydrogens (tertiary/aromatic N) is 1. The highest BCUT2D eigenvalue weighted by atomic mass is 35.5. The second-order valence-corrected chi connectivity index (χ2v) is 2.08. The molecule has 50 valence electrons. The van der Waals surface area contributed by atoms with Crippen molar-refractivity contribution in [2.75, 3.05) is 0 Å². The molecule has 0 saturated carbocycles. The summed E-state index contributed by atoms with van der Waals surface area (Å²) in [6, 6.07) is 6.58. The molecule has 0 aliphatic carbocycles. The maximum Gasteiger partial charge on any atom is 0.292 e. The minimum Gasteiger partial charge on any atom is -0.388 e. The molecule has 0 amide bonds. The van der Waals surface area contributed by atoms with Gasteiger partial charge in [0.1, 0.15) is 5.75 Å². The number of nitriles is 1. The summed E-state index contributed by atoms with van der Waals surface area (Å²) >= 11 is 5.57. The van der Waals surface area contributed by atoms with Crippen LogP contribution in [0.3, 0.4) is 0 Å². The summed E-state index contributed by atoms with van der Waals surface area (Å²) < 4.78 is 4.51. The van der Waals surface area contributed by atoms with Gasteiger partial charge in [-0.25, -0.2) is 0 Å². The van der Waals surface area contributed by atoms with Crippen molar-refractivity contribution in [1.29, 1.82) is 5.26 Å². The molecule has 2 nitrogen and oxygen atoms in total. The Morgan fingerprint density at radius 1 is 1.30 bits per heavy atom. The summed E-state index contributed by atoms with van der Waals surface area (Å²) in [5.74, 6) is 0.506. The molecule has 0 fully saturated rings. The molecule has 1 aromatic rings. The maximum atomic E-state index is 8.08. The second kappa shape index (κ2) is 3.09. The summed E-state index contributed by atoms with van der Waals surface area (Å²) in [5, 5.41) is 8.71. The van der Waals surface area contributed by atoms with Gasteiger partial charge < -0.3 is 4.74 Å². The van der Waals surface area contributed by atoms with Crippen LogP contribution in [-0.4, -0.2) is 0 Å². The lowest BCUT2D eigenvalue weighted by Crippen LogP contribution is -1.79. The average molecular weight is 154 g/mol. The van der Waals surface area contributed by atoms with E-state index in [1.807, 2.05) is 0 Å². The van der Waals surface area contributed by atoms with Gasteiger partial charge in [-0.05, 0) is 24.3 Å². The van der Waals surface area contributed by atoms with Gasteiger partial charge in [0.05, 0.1) is 0 Å². The minimum absolute atomic E-state index is 0.506. The van der Waals surface area contributed by atoms with Gasteiger partial charge in [-0.15, -0.1) is 5.26 Å². The molecule has 0 spiro atoms. The SMILES string of the molecule is N#COc1ccc(Cl)cc1. The fourth-order valence-electron chi connectivity index (χ4n) is 0.555. The van der Waals surface area contributed by atoms with E-state index in [0.717, 1.165) is 0 Å². The number of benzene rings is 1. The highest BCUT2D eigenvalue weighted by Gasteiger charge is 1.90. The van der Waals surface area contributed by atoms with Crippen molar-refractivity contribution in [2.45, 2.75) is 0 Å². The normalized spacial score (nSPS) is 8.40. The first-order valence-electron chi connectivity index (χ1n) is 2.64. The topological polar surface area (TPSA) is 33.0 Å². The van der Waals surface area contributed by atoms with E-state index in [4.69, 9.17) is 16.9 Å². The van der Waals surface area contributed by atoms with E-state index in [2.05, 4.69) is 4.74 Å². The van der Waals surface area contributed by atoms with Crippen molar-refractivity contribution in [3.05, 3.63) is 29.3 Å². The van der Waals surface area contributed by atoms with Gasteiger partial charge in [0.25, 0.3) is 6.26 Å². The van der Waals surface area contributed by atoms with Crippen molar-refractivity contribution in [1.82, 2.24) is 0 Å². The zero-order valence-electron chi connectivity index (χ0n) is 5.04. The van der Waals surface area contributed by atoms with Crippen LogP contribution >= 0.6 is 11.6 Å². The lowest BCUT2D eigenvalue weighted by molar-refractivity contribution is 0.507. The second-order valence-electron chi connectivity index (χ2n) is 1.65. The number of halogens is 1. The molecule has 0 bridgehead atoms. The van der Waals surface area contributed by atoms with E-state index in [-0.39, 0.29) is 0 Å². The smallest absolute Gasteiger partial charge is 0.292 e. The molecule has 3 heteroatoms. The van der Waals surface area contributed by atoms with Crippen molar-refractivity contribution in [3.8, 4) is 12.0 Å². The van der Waals surface area contributed by atoms with E-state index in [1.165, 1.54) is 0 Å². The third-order valence-corrected chi connectivity index (χ3v) is 1.23. The predicted molar refractivity (Wildman–Crippen MR) is 37.7 cm³/mol. The number of ether oxygens (including phenoxy) is 1. The molecule has 0 unspecified atom stereocenters. The molecular weight excluding hydrogens is 150 g/mol. The fourth-order valence-corrected chi connectivity index (χ4v) is 0.681. The van der Waals surface area contributed by atoms with Crippen LogP contribution in [-0.2, 0) is 0 Å². The first kappa shape index (κ1) is 6.91. The van der Waals surface area contributed by atoms with E-state index >= 15 is 0 Å². The predicted octanol–water partition coefficient (Wildman–Crippen LogP) is 2.20. The zero-order chi connectivity index (χ0) is 7.40. The first-order valence-corrected chi connectivity index (χ1v) is 3.02.